The third-order valence-electron chi connectivity index (χ3n) is 3.34. The van der Waals surface area contributed by atoms with E-state index >= 15 is 0 Å². The molecule has 0 saturated carbocycles. The third-order valence-corrected chi connectivity index (χ3v) is 4.17. The molecular weight excluding hydrogens is 244 g/mol. The summed E-state index contributed by atoms with van der Waals surface area (Å²) in [5.74, 6) is 0. The zero-order valence-corrected chi connectivity index (χ0v) is 12.5. The highest BCUT2D eigenvalue weighted by atomic mass is 32.1. The molecule has 18 heavy (non-hydrogen) atoms. The van der Waals surface area contributed by atoms with Crippen LogP contribution in [-0.4, -0.2) is 54.7 Å². The first-order chi connectivity index (χ1) is 8.61. The van der Waals surface area contributed by atoms with E-state index in [-0.39, 0.29) is 5.54 Å². The number of likely N-dealkylation sites (N-methyl/N-ethyl adjacent to an activating group) is 1. The topological polar surface area (TPSA) is 31.4 Å². The minimum Gasteiger partial charge on any atom is -0.346 e. The van der Waals surface area contributed by atoms with Crippen molar-refractivity contribution < 1.29 is 0 Å². The number of nitrogens with one attached hydrogen (secondary N) is 1. The van der Waals surface area contributed by atoms with Gasteiger partial charge in [0, 0.05) is 49.8 Å². The Morgan fingerprint density at radius 3 is 2.61 bits per heavy atom. The van der Waals surface area contributed by atoms with Gasteiger partial charge < -0.3 is 10.2 Å². The second-order valence-electron chi connectivity index (χ2n) is 5.49. The second kappa shape index (κ2) is 5.99. The van der Waals surface area contributed by atoms with Crippen molar-refractivity contribution in [2.45, 2.75) is 26.3 Å². The number of rotatable bonds is 5. The van der Waals surface area contributed by atoms with Crippen LogP contribution in [0.4, 0.5) is 5.13 Å². The Morgan fingerprint density at radius 2 is 2.06 bits per heavy atom. The van der Waals surface area contributed by atoms with Gasteiger partial charge in [0.1, 0.15) is 0 Å². The molecule has 0 aromatic carbocycles. The molecule has 0 amide bonds. The average Bonchev–Trinajstić information content (AvgIpc) is 2.82. The molecule has 5 heteroatoms. The van der Waals surface area contributed by atoms with Gasteiger partial charge in [-0.1, -0.05) is 6.92 Å². The Bertz CT molecular complexity index is 342. The fourth-order valence-electron chi connectivity index (χ4n) is 2.56. The summed E-state index contributed by atoms with van der Waals surface area (Å²) >= 11 is 1.74. The Morgan fingerprint density at radius 1 is 1.33 bits per heavy atom. The molecule has 1 aromatic rings. The van der Waals surface area contributed by atoms with E-state index in [4.69, 9.17) is 0 Å². The zero-order chi connectivity index (χ0) is 13.0. The molecule has 2 rings (SSSR count). The summed E-state index contributed by atoms with van der Waals surface area (Å²) in [5, 5.41) is 6.76. The third kappa shape index (κ3) is 3.67. The smallest absolute Gasteiger partial charge is 0.185 e. The van der Waals surface area contributed by atoms with Crippen LogP contribution in [0.3, 0.4) is 0 Å². The van der Waals surface area contributed by atoms with Crippen LogP contribution in [-0.2, 0) is 0 Å². The molecule has 2 heterocycles. The molecule has 4 nitrogen and oxygen atoms in total. The fourth-order valence-corrected chi connectivity index (χ4v) is 3.26. The molecule has 1 aromatic heterocycles. The van der Waals surface area contributed by atoms with E-state index in [0.717, 1.165) is 39.3 Å². The highest BCUT2D eigenvalue weighted by Gasteiger charge is 2.24. The maximum Gasteiger partial charge on any atom is 0.185 e. The van der Waals surface area contributed by atoms with E-state index in [2.05, 4.69) is 46.3 Å². The van der Waals surface area contributed by atoms with Gasteiger partial charge in [-0.3, -0.25) is 4.90 Å². The van der Waals surface area contributed by atoms with Gasteiger partial charge >= 0.3 is 0 Å². The second-order valence-corrected chi connectivity index (χ2v) is 6.37. The van der Waals surface area contributed by atoms with Crippen LogP contribution in [0.2, 0.25) is 0 Å². The molecule has 1 saturated heterocycles. The van der Waals surface area contributed by atoms with Gasteiger partial charge in [0.15, 0.2) is 5.13 Å². The molecule has 0 unspecified atom stereocenters. The van der Waals surface area contributed by atoms with E-state index in [9.17, 15) is 0 Å². The van der Waals surface area contributed by atoms with Crippen molar-refractivity contribution in [2.75, 3.05) is 44.2 Å². The molecule has 0 spiro atoms. The van der Waals surface area contributed by atoms with Crippen molar-refractivity contribution in [3.8, 4) is 0 Å². The van der Waals surface area contributed by atoms with Gasteiger partial charge in [0.25, 0.3) is 0 Å². The molecule has 1 aliphatic heterocycles. The van der Waals surface area contributed by atoms with E-state index in [1.54, 1.807) is 11.3 Å². The highest BCUT2D eigenvalue weighted by molar-refractivity contribution is 7.13. The SMILES string of the molecule is CCNC(C)(C)CN1CCN(c2nccs2)CC1. The summed E-state index contributed by atoms with van der Waals surface area (Å²) in [5.41, 5.74) is 0.206. The number of anilines is 1. The van der Waals surface area contributed by atoms with Crippen molar-refractivity contribution >= 4 is 16.5 Å². The van der Waals surface area contributed by atoms with Gasteiger partial charge in [-0.25, -0.2) is 4.98 Å². The van der Waals surface area contributed by atoms with Crippen molar-refractivity contribution in [3.05, 3.63) is 11.6 Å². The summed E-state index contributed by atoms with van der Waals surface area (Å²) < 4.78 is 0. The highest BCUT2D eigenvalue weighted by Crippen LogP contribution is 2.19. The first-order valence-corrected chi connectivity index (χ1v) is 7.60. The number of hydrogen-bond acceptors (Lipinski definition) is 5. The van der Waals surface area contributed by atoms with Crippen LogP contribution in [0.25, 0.3) is 0 Å². The maximum atomic E-state index is 4.38. The van der Waals surface area contributed by atoms with Gasteiger partial charge in [0.05, 0.1) is 0 Å². The zero-order valence-electron chi connectivity index (χ0n) is 11.6. The molecule has 0 atom stereocenters. The molecule has 1 N–H and O–H groups in total. The number of hydrogen-bond donors (Lipinski definition) is 1. The number of aromatic nitrogens is 1. The van der Waals surface area contributed by atoms with Crippen molar-refractivity contribution in [1.29, 1.82) is 0 Å². The number of piperazine rings is 1. The van der Waals surface area contributed by atoms with Crippen molar-refractivity contribution in [1.82, 2.24) is 15.2 Å². The lowest BCUT2D eigenvalue weighted by Gasteiger charge is -2.39. The van der Waals surface area contributed by atoms with Crippen LogP contribution in [0.15, 0.2) is 11.6 Å². The van der Waals surface area contributed by atoms with Gasteiger partial charge in [-0.2, -0.15) is 0 Å². The predicted molar refractivity (Wildman–Crippen MR) is 78.5 cm³/mol. The molecule has 1 aliphatic rings. The average molecular weight is 268 g/mol. The Balaban J connectivity index is 1.80. The van der Waals surface area contributed by atoms with Gasteiger partial charge in [-0.15, -0.1) is 11.3 Å². The van der Waals surface area contributed by atoms with Crippen molar-refractivity contribution in [3.63, 3.8) is 0 Å². The summed E-state index contributed by atoms with van der Waals surface area (Å²) in [7, 11) is 0. The van der Waals surface area contributed by atoms with Crippen LogP contribution in [0, 0.1) is 0 Å². The van der Waals surface area contributed by atoms with E-state index < -0.39 is 0 Å². The van der Waals surface area contributed by atoms with E-state index in [1.165, 1.54) is 5.13 Å². The van der Waals surface area contributed by atoms with E-state index in [0.29, 0.717) is 0 Å². The molecule has 0 bridgehead atoms. The Kier molecular flexibility index (Phi) is 4.59. The normalized spacial score (nSPS) is 18.3. The predicted octanol–water partition coefficient (Wildman–Crippen LogP) is 1.65. The van der Waals surface area contributed by atoms with Crippen LogP contribution < -0.4 is 10.2 Å². The quantitative estimate of drug-likeness (QED) is 0.880. The number of nitrogens with zero attached hydrogens (tertiary/aromatic N) is 3. The van der Waals surface area contributed by atoms with Crippen LogP contribution in [0.1, 0.15) is 20.8 Å². The fraction of sp³-hybridized carbons (Fsp3) is 0.769. The lowest BCUT2D eigenvalue weighted by Crippen LogP contribution is -2.54. The first kappa shape index (κ1) is 13.8. The first-order valence-electron chi connectivity index (χ1n) is 6.72. The lowest BCUT2D eigenvalue weighted by molar-refractivity contribution is 0.193. The minimum absolute atomic E-state index is 0.206. The van der Waals surface area contributed by atoms with Gasteiger partial charge in [0.2, 0.25) is 0 Å². The monoisotopic (exact) mass is 268 g/mol. The summed E-state index contributed by atoms with van der Waals surface area (Å²) in [4.78, 5) is 9.32. The molecular formula is C13H24N4S. The molecule has 0 aliphatic carbocycles. The number of thiazole rings is 1. The molecule has 102 valence electrons. The summed E-state index contributed by atoms with van der Waals surface area (Å²) in [6, 6.07) is 0. The largest absolute Gasteiger partial charge is 0.346 e. The van der Waals surface area contributed by atoms with Gasteiger partial charge in [-0.05, 0) is 20.4 Å². The van der Waals surface area contributed by atoms with E-state index in [1.807, 2.05) is 6.20 Å². The standard InChI is InChI=1S/C13H24N4S/c1-4-15-13(2,3)11-16-6-8-17(9-7-16)12-14-5-10-18-12/h5,10,15H,4,6-9,11H2,1-3H3. The molecule has 1 fully saturated rings. The molecule has 0 radical (unpaired) electrons. The van der Waals surface area contributed by atoms with Crippen LogP contribution in [0.5, 0.6) is 0 Å². The summed E-state index contributed by atoms with van der Waals surface area (Å²) in [6.07, 6.45) is 1.89. The maximum absolute atomic E-state index is 4.38. The Hall–Kier alpha value is -0.650. The minimum atomic E-state index is 0.206. The Labute approximate surface area is 114 Å². The van der Waals surface area contributed by atoms with Crippen LogP contribution >= 0.6 is 11.3 Å². The summed E-state index contributed by atoms with van der Waals surface area (Å²) in [6.45, 7) is 13.3. The lowest BCUT2D eigenvalue weighted by atomic mass is 10.0. The van der Waals surface area contributed by atoms with Crippen molar-refractivity contribution in [2.24, 2.45) is 0 Å².